The lowest BCUT2D eigenvalue weighted by atomic mass is 10.1. The maximum Gasteiger partial charge on any atom is 0.230 e. The molecule has 3 rings (SSSR count). The Bertz CT molecular complexity index is 747. The smallest absolute Gasteiger partial charge is 0.230 e. The van der Waals surface area contributed by atoms with E-state index in [0.29, 0.717) is 11.3 Å². The SMILES string of the molecule is CC(O)c1ccccc1NC(=O)Cc1cn2ccsc2n1. The van der Waals surface area contributed by atoms with Crippen molar-refractivity contribution in [3.63, 3.8) is 0 Å². The summed E-state index contributed by atoms with van der Waals surface area (Å²) in [6.45, 7) is 1.68. The van der Waals surface area contributed by atoms with Crippen molar-refractivity contribution >= 4 is 27.9 Å². The van der Waals surface area contributed by atoms with Gasteiger partial charge in [0, 0.05) is 29.0 Å². The molecule has 0 aliphatic heterocycles. The molecular formula is C15H15N3O2S. The Labute approximate surface area is 125 Å². The van der Waals surface area contributed by atoms with Crippen LogP contribution in [0.15, 0.2) is 42.0 Å². The Morgan fingerprint density at radius 3 is 3.05 bits per heavy atom. The first-order valence-electron chi connectivity index (χ1n) is 6.61. The van der Waals surface area contributed by atoms with Crippen LogP contribution in [-0.2, 0) is 11.2 Å². The van der Waals surface area contributed by atoms with E-state index in [-0.39, 0.29) is 12.3 Å². The molecule has 1 atom stereocenters. The largest absolute Gasteiger partial charge is 0.389 e. The summed E-state index contributed by atoms with van der Waals surface area (Å²) in [6, 6.07) is 7.24. The quantitative estimate of drug-likeness (QED) is 0.778. The predicted molar refractivity (Wildman–Crippen MR) is 82.5 cm³/mol. The Kier molecular flexibility index (Phi) is 3.72. The summed E-state index contributed by atoms with van der Waals surface area (Å²) < 4.78 is 1.90. The molecule has 2 heterocycles. The molecule has 3 aromatic rings. The summed E-state index contributed by atoms with van der Waals surface area (Å²) in [4.78, 5) is 17.4. The highest BCUT2D eigenvalue weighted by Gasteiger charge is 2.12. The maximum absolute atomic E-state index is 12.1. The van der Waals surface area contributed by atoms with E-state index in [4.69, 9.17) is 0 Å². The summed E-state index contributed by atoms with van der Waals surface area (Å²) in [6.07, 6.45) is 3.35. The van der Waals surface area contributed by atoms with Gasteiger partial charge in [-0.25, -0.2) is 4.98 Å². The van der Waals surface area contributed by atoms with E-state index < -0.39 is 6.10 Å². The summed E-state index contributed by atoms with van der Waals surface area (Å²) in [5.74, 6) is -0.145. The molecule has 0 saturated carbocycles. The predicted octanol–water partition coefficient (Wildman–Crippen LogP) is 2.63. The number of carbonyl (C=O) groups excluding carboxylic acids is 1. The monoisotopic (exact) mass is 301 g/mol. The molecule has 0 spiro atoms. The molecule has 21 heavy (non-hydrogen) atoms. The van der Waals surface area contributed by atoms with Crippen LogP contribution < -0.4 is 5.32 Å². The van der Waals surface area contributed by atoms with Gasteiger partial charge in [0.05, 0.1) is 18.2 Å². The second-order valence-electron chi connectivity index (χ2n) is 4.81. The van der Waals surface area contributed by atoms with Gasteiger partial charge in [0.2, 0.25) is 5.91 Å². The number of rotatable bonds is 4. The Hall–Kier alpha value is -2.18. The topological polar surface area (TPSA) is 66.6 Å². The van der Waals surface area contributed by atoms with Crippen molar-refractivity contribution in [1.29, 1.82) is 0 Å². The minimum atomic E-state index is -0.626. The van der Waals surface area contributed by atoms with E-state index in [0.717, 1.165) is 10.7 Å². The van der Waals surface area contributed by atoms with Crippen LogP contribution >= 0.6 is 11.3 Å². The van der Waals surface area contributed by atoms with Crippen LogP contribution in [0.2, 0.25) is 0 Å². The van der Waals surface area contributed by atoms with E-state index in [1.54, 1.807) is 19.1 Å². The van der Waals surface area contributed by atoms with E-state index in [2.05, 4.69) is 10.3 Å². The van der Waals surface area contributed by atoms with Crippen LogP contribution in [-0.4, -0.2) is 20.4 Å². The fraction of sp³-hybridized carbons (Fsp3) is 0.200. The van der Waals surface area contributed by atoms with Gasteiger partial charge in [-0.05, 0) is 13.0 Å². The summed E-state index contributed by atoms with van der Waals surface area (Å²) in [7, 11) is 0. The second kappa shape index (κ2) is 5.67. The van der Waals surface area contributed by atoms with Gasteiger partial charge < -0.3 is 10.4 Å². The third-order valence-corrected chi connectivity index (χ3v) is 3.94. The first kappa shape index (κ1) is 13.8. The second-order valence-corrected chi connectivity index (χ2v) is 5.69. The number of carbonyl (C=O) groups is 1. The average molecular weight is 301 g/mol. The lowest BCUT2D eigenvalue weighted by molar-refractivity contribution is -0.115. The number of aliphatic hydroxyl groups is 1. The number of nitrogens with zero attached hydrogens (tertiary/aromatic N) is 2. The minimum Gasteiger partial charge on any atom is -0.389 e. The molecule has 2 N–H and O–H groups in total. The maximum atomic E-state index is 12.1. The average Bonchev–Trinajstić information content (AvgIpc) is 2.99. The number of benzene rings is 1. The van der Waals surface area contributed by atoms with Crippen molar-refractivity contribution in [2.45, 2.75) is 19.4 Å². The summed E-state index contributed by atoms with van der Waals surface area (Å²) >= 11 is 1.53. The third-order valence-electron chi connectivity index (χ3n) is 3.17. The van der Waals surface area contributed by atoms with E-state index in [1.807, 2.05) is 34.3 Å². The molecule has 5 nitrogen and oxygen atoms in total. The minimum absolute atomic E-state index is 0.145. The van der Waals surface area contributed by atoms with Crippen LogP contribution in [0, 0.1) is 0 Å². The van der Waals surface area contributed by atoms with Crippen molar-refractivity contribution in [2.75, 3.05) is 5.32 Å². The highest BCUT2D eigenvalue weighted by Crippen LogP contribution is 2.22. The van der Waals surface area contributed by atoms with Crippen LogP contribution in [0.4, 0.5) is 5.69 Å². The number of aliphatic hydroxyl groups excluding tert-OH is 1. The van der Waals surface area contributed by atoms with Crippen LogP contribution in [0.3, 0.4) is 0 Å². The molecule has 2 aromatic heterocycles. The lowest BCUT2D eigenvalue weighted by Gasteiger charge is -2.12. The third kappa shape index (κ3) is 2.96. The Morgan fingerprint density at radius 1 is 1.48 bits per heavy atom. The normalized spacial score (nSPS) is 12.5. The molecule has 1 unspecified atom stereocenters. The molecule has 0 bridgehead atoms. The molecule has 0 saturated heterocycles. The molecule has 1 aromatic carbocycles. The zero-order valence-electron chi connectivity index (χ0n) is 11.5. The van der Waals surface area contributed by atoms with Crippen molar-refractivity contribution < 1.29 is 9.90 Å². The molecule has 0 radical (unpaired) electrons. The number of aromatic nitrogens is 2. The Morgan fingerprint density at radius 2 is 2.29 bits per heavy atom. The van der Waals surface area contributed by atoms with Gasteiger partial charge in [-0.2, -0.15) is 0 Å². The van der Waals surface area contributed by atoms with Crippen molar-refractivity contribution in [1.82, 2.24) is 9.38 Å². The molecule has 0 aliphatic carbocycles. The number of imidazole rings is 1. The first-order valence-corrected chi connectivity index (χ1v) is 7.49. The number of nitrogens with one attached hydrogen (secondary N) is 1. The molecule has 0 fully saturated rings. The number of anilines is 1. The zero-order valence-corrected chi connectivity index (χ0v) is 12.3. The van der Waals surface area contributed by atoms with Crippen molar-refractivity contribution in [3.05, 3.63) is 53.3 Å². The van der Waals surface area contributed by atoms with Gasteiger partial charge in [0.1, 0.15) is 0 Å². The summed E-state index contributed by atoms with van der Waals surface area (Å²) in [5, 5.41) is 14.5. The number of hydrogen-bond acceptors (Lipinski definition) is 4. The van der Waals surface area contributed by atoms with Crippen molar-refractivity contribution in [2.24, 2.45) is 0 Å². The number of hydrogen-bond donors (Lipinski definition) is 2. The molecule has 1 amide bonds. The number of para-hydroxylation sites is 1. The molecule has 0 aliphatic rings. The zero-order chi connectivity index (χ0) is 14.8. The van der Waals surface area contributed by atoms with Gasteiger partial charge in [0.15, 0.2) is 4.96 Å². The highest BCUT2D eigenvalue weighted by atomic mass is 32.1. The molecule has 6 heteroatoms. The van der Waals surface area contributed by atoms with Crippen LogP contribution in [0.1, 0.15) is 24.3 Å². The van der Waals surface area contributed by atoms with E-state index in [1.165, 1.54) is 11.3 Å². The van der Waals surface area contributed by atoms with Crippen LogP contribution in [0.25, 0.3) is 4.96 Å². The Balaban J connectivity index is 1.73. The fourth-order valence-electron chi connectivity index (χ4n) is 2.20. The number of fused-ring (bicyclic) bond motifs is 1. The van der Waals surface area contributed by atoms with Gasteiger partial charge in [0.25, 0.3) is 0 Å². The first-order chi connectivity index (χ1) is 10.1. The van der Waals surface area contributed by atoms with Gasteiger partial charge >= 0.3 is 0 Å². The lowest BCUT2D eigenvalue weighted by Crippen LogP contribution is -2.16. The van der Waals surface area contributed by atoms with E-state index in [9.17, 15) is 9.90 Å². The van der Waals surface area contributed by atoms with Crippen LogP contribution in [0.5, 0.6) is 0 Å². The number of thiazole rings is 1. The van der Waals surface area contributed by atoms with Gasteiger partial charge in [-0.3, -0.25) is 9.20 Å². The highest BCUT2D eigenvalue weighted by molar-refractivity contribution is 7.15. The van der Waals surface area contributed by atoms with Crippen molar-refractivity contribution in [3.8, 4) is 0 Å². The molecule has 108 valence electrons. The fourth-order valence-corrected chi connectivity index (χ4v) is 2.91. The van der Waals surface area contributed by atoms with E-state index >= 15 is 0 Å². The molecular weight excluding hydrogens is 286 g/mol. The summed E-state index contributed by atoms with van der Waals surface area (Å²) in [5.41, 5.74) is 2.07. The van der Waals surface area contributed by atoms with Gasteiger partial charge in [-0.1, -0.05) is 18.2 Å². The number of amides is 1. The van der Waals surface area contributed by atoms with Gasteiger partial charge in [-0.15, -0.1) is 11.3 Å². The standard InChI is InChI=1S/C15H15N3O2S/c1-10(19)12-4-2-3-5-13(12)17-14(20)8-11-9-18-6-7-21-15(18)16-11/h2-7,9-10,19H,8H2,1H3,(H,17,20).